The molecule has 0 heterocycles. The van der Waals surface area contributed by atoms with Gasteiger partial charge in [0.1, 0.15) is 0 Å². The summed E-state index contributed by atoms with van der Waals surface area (Å²) in [4.78, 5) is 0. The average Bonchev–Trinajstić information content (AvgIpc) is 1.00. The van der Waals surface area contributed by atoms with Gasteiger partial charge in [-0.15, -0.1) is 0 Å². The first-order valence-electron chi connectivity index (χ1n) is 0.354. The first-order chi connectivity index (χ1) is 1.00. The molecule has 0 nitrogen and oxygen atoms in total. The van der Waals surface area contributed by atoms with Crippen LogP contribution in [0.5, 0.6) is 0 Å². The quantitative estimate of drug-likeness (QED) is 0.445. The Hall–Kier alpha value is 2.89. The second kappa shape index (κ2) is 16.9. The summed E-state index contributed by atoms with van der Waals surface area (Å²) in [6.45, 7) is 0. The van der Waals surface area contributed by atoms with Gasteiger partial charge in [-0.25, -0.2) is 0 Å². The maximum atomic E-state index is 3.39. The molecule has 0 aromatic carbocycles. The van der Waals surface area contributed by atoms with Crippen LogP contribution in [0.15, 0.2) is 0 Å². The zero-order valence-corrected chi connectivity index (χ0v) is 6.30. The van der Waals surface area contributed by atoms with E-state index in [-0.39, 0.29) is 67.4 Å². The monoisotopic (exact) mass is 278 g/mol. The fourth-order valence-electron chi connectivity index (χ4n) is 0. The van der Waals surface area contributed by atoms with E-state index in [4.69, 9.17) is 0 Å². The molecule has 4 heavy (non-hydrogen) atoms. The molecule has 0 atom stereocenters. The molecule has 0 saturated heterocycles. The Balaban J connectivity index is -0.00000000500. The van der Waals surface area contributed by atoms with Crippen molar-refractivity contribution in [3.05, 3.63) is 0 Å². The van der Waals surface area contributed by atoms with Crippen LogP contribution in [0.3, 0.4) is 0 Å². The molecule has 0 aliphatic carbocycles. The van der Waals surface area contributed by atoms with Gasteiger partial charge in [-0.1, -0.05) is 0 Å². The Labute approximate surface area is 89.5 Å². The smallest absolute Gasteiger partial charge is 0 e. The second-order valence-electron chi connectivity index (χ2n) is 0. The molecule has 0 spiro atoms. The Kier molecular flexibility index (Phi) is 66.6. The first-order valence-corrected chi connectivity index (χ1v) is 4.37. The zero-order valence-electron chi connectivity index (χ0n) is 1.80. The second-order valence-corrected chi connectivity index (χ2v) is 0. The molecule has 0 amide bonds. The molecule has 0 aliphatic rings. The average molecular weight is 277 g/mol. The summed E-state index contributed by atoms with van der Waals surface area (Å²) in [7, 11) is 1.06. The van der Waals surface area contributed by atoms with Gasteiger partial charge in [-0.3, -0.25) is 0 Å². The number of rotatable bonds is 0. The van der Waals surface area contributed by atoms with E-state index >= 15 is 0 Å². The van der Waals surface area contributed by atoms with Gasteiger partial charge >= 0.3 is 73.1 Å². The number of hydrogen-bond acceptors (Lipinski definition) is 0. The predicted molar refractivity (Wildman–Crippen MR) is 18.5 cm³/mol. The molecule has 0 unspecified atom stereocenters. The fourth-order valence-corrected chi connectivity index (χ4v) is 0. The van der Waals surface area contributed by atoms with Crippen LogP contribution in [0.25, 0.3) is 0 Å². The summed E-state index contributed by atoms with van der Waals surface area (Å²) in [6.07, 6.45) is 0. The maximum Gasteiger partial charge on any atom is 0 e. The Morgan fingerprint density at radius 3 is 1.25 bits per heavy atom. The van der Waals surface area contributed by atoms with Crippen molar-refractivity contribution in [2.45, 2.75) is 0 Å². The minimum Gasteiger partial charge on any atom is 0 e. The van der Waals surface area contributed by atoms with Crippen molar-refractivity contribution in [3.8, 4) is 0 Å². The predicted octanol–water partition coefficient (Wildman–Crippen LogP) is -2.11. The zero-order chi connectivity index (χ0) is 2.00. The van der Waals surface area contributed by atoms with Crippen molar-refractivity contribution < 1.29 is 33.9 Å². The van der Waals surface area contributed by atoms with Gasteiger partial charge in [-0.05, 0) is 0 Å². The van der Waals surface area contributed by atoms with Crippen LogP contribution >= 0.6 is 0 Å². The van der Waals surface area contributed by atoms with Crippen LogP contribution in [0.2, 0.25) is 0 Å². The van der Waals surface area contributed by atoms with Crippen LogP contribution in [0.1, 0.15) is 0 Å². The van der Waals surface area contributed by atoms with E-state index in [0.717, 1.165) is 8.85 Å². The molecular formula is H5BaFeSiV. The summed E-state index contributed by atoms with van der Waals surface area (Å²) in [5, 5.41) is 0. The van der Waals surface area contributed by atoms with Gasteiger partial charge in [0.2, 0.25) is 0 Å². The van der Waals surface area contributed by atoms with E-state index in [2.05, 4.69) is 15.4 Å². The Bertz CT molecular complexity index is 8.00. The summed E-state index contributed by atoms with van der Waals surface area (Å²) in [5.41, 5.74) is 0. The third-order valence-corrected chi connectivity index (χ3v) is 0. The summed E-state index contributed by atoms with van der Waals surface area (Å²) < 4.78 is 0. The van der Waals surface area contributed by atoms with E-state index < -0.39 is 0 Å². The normalized spacial score (nSPS) is 2.25. The van der Waals surface area contributed by atoms with Crippen LogP contribution in [-0.4, -0.2) is 57.7 Å². The van der Waals surface area contributed by atoms with Gasteiger partial charge in [-0.2, -0.15) is 0 Å². The Morgan fingerprint density at radius 2 is 1.25 bits per heavy atom. The van der Waals surface area contributed by atoms with Gasteiger partial charge in [0, 0.05) is 18.6 Å². The molecule has 0 saturated carbocycles. The van der Waals surface area contributed by atoms with Gasteiger partial charge in [0.05, 0.1) is 0 Å². The van der Waals surface area contributed by atoms with E-state index in [0.29, 0.717) is 0 Å². The van der Waals surface area contributed by atoms with E-state index in [1.807, 2.05) is 0 Å². The van der Waals surface area contributed by atoms with Crippen molar-refractivity contribution in [1.82, 2.24) is 0 Å². The van der Waals surface area contributed by atoms with Crippen LogP contribution < -0.4 is 0 Å². The largest absolute Gasteiger partial charge is 0 e. The molecular weight excluding hydrogens is 272 g/mol. The molecule has 0 aliphatic heterocycles. The van der Waals surface area contributed by atoms with Crippen molar-refractivity contribution in [1.29, 1.82) is 0 Å². The van der Waals surface area contributed by atoms with E-state index in [9.17, 15) is 0 Å². The molecule has 0 rings (SSSR count). The van der Waals surface area contributed by atoms with Gasteiger partial charge in [0.15, 0.2) is 0 Å². The third-order valence-electron chi connectivity index (χ3n) is 0. The molecule has 24 valence electrons. The van der Waals surface area contributed by atoms with Crippen molar-refractivity contribution >= 4 is 57.7 Å². The SMILES string of the molecule is [BaH2].[SiH3][Fe].[V]. The van der Waals surface area contributed by atoms with Gasteiger partial charge < -0.3 is 0 Å². The number of hydrogen-bond donors (Lipinski definition) is 0. The van der Waals surface area contributed by atoms with Crippen molar-refractivity contribution in [2.24, 2.45) is 0 Å². The topological polar surface area (TPSA) is 0 Å². The Morgan fingerprint density at radius 1 is 1.25 bits per heavy atom. The molecule has 0 N–H and O–H groups in total. The first kappa shape index (κ1) is 15.8. The maximum absolute atomic E-state index is 3.39. The van der Waals surface area contributed by atoms with Crippen LogP contribution in [0.4, 0.5) is 0 Å². The molecule has 0 bridgehead atoms. The standard InChI is InChI=1S/Ba.Fe.H3Si.V.2H/h;;1H3;;;. The molecule has 0 aromatic heterocycles. The fraction of sp³-hybridized carbons (Fsp3) is 0. The summed E-state index contributed by atoms with van der Waals surface area (Å²) >= 11 is 3.39. The summed E-state index contributed by atoms with van der Waals surface area (Å²) in [5.74, 6) is 0. The van der Waals surface area contributed by atoms with E-state index in [1.54, 1.807) is 0 Å². The van der Waals surface area contributed by atoms with Crippen LogP contribution in [0, 0.1) is 0 Å². The molecule has 1 radical (unpaired) electrons. The third kappa shape index (κ3) is 8.86. The molecule has 0 aromatic rings. The molecule has 0 fully saturated rings. The minimum atomic E-state index is 0. The van der Waals surface area contributed by atoms with Crippen molar-refractivity contribution in [2.75, 3.05) is 0 Å². The van der Waals surface area contributed by atoms with Gasteiger partial charge in [0.25, 0.3) is 0 Å². The van der Waals surface area contributed by atoms with E-state index in [1.165, 1.54) is 0 Å². The summed E-state index contributed by atoms with van der Waals surface area (Å²) in [6, 6.07) is 0. The minimum absolute atomic E-state index is 0. The molecule has 4 heteroatoms. The van der Waals surface area contributed by atoms with Crippen LogP contribution in [-0.2, 0) is 33.9 Å². The van der Waals surface area contributed by atoms with Crippen molar-refractivity contribution in [3.63, 3.8) is 0 Å².